The van der Waals surface area contributed by atoms with Crippen LogP contribution in [0.3, 0.4) is 0 Å². The van der Waals surface area contributed by atoms with Gasteiger partial charge in [-0.15, -0.1) is 0 Å². The highest BCUT2D eigenvalue weighted by atomic mass is 35.5. The van der Waals surface area contributed by atoms with Gasteiger partial charge in [-0.05, 0) is 43.4 Å². The fourth-order valence-corrected chi connectivity index (χ4v) is 5.14. The van der Waals surface area contributed by atoms with Gasteiger partial charge in [0.15, 0.2) is 9.84 Å². The maximum atomic E-state index is 11.6. The minimum atomic E-state index is -2.85. The summed E-state index contributed by atoms with van der Waals surface area (Å²) in [7, 11) is -2.85. The van der Waals surface area contributed by atoms with E-state index in [1.54, 1.807) is 6.07 Å². The molecule has 1 aromatic rings. The lowest BCUT2D eigenvalue weighted by Crippen LogP contribution is -2.25. The van der Waals surface area contributed by atoms with Crippen molar-refractivity contribution in [1.29, 1.82) is 0 Å². The van der Waals surface area contributed by atoms with Gasteiger partial charge in [-0.2, -0.15) is 0 Å². The van der Waals surface area contributed by atoms with Gasteiger partial charge in [0, 0.05) is 6.04 Å². The van der Waals surface area contributed by atoms with E-state index in [-0.39, 0.29) is 17.7 Å². The maximum Gasteiger partial charge on any atom is 0.150 e. The Morgan fingerprint density at radius 1 is 1.38 bits per heavy atom. The second kappa shape index (κ2) is 7.32. The van der Waals surface area contributed by atoms with E-state index in [1.165, 1.54) is 0 Å². The molecule has 1 fully saturated rings. The zero-order valence-corrected chi connectivity index (χ0v) is 14.4. The van der Waals surface area contributed by atoms with Crippen molar-refractivity contribution in [3.05, 3.63) is 33.8 Å². The third kappa shape index (κ3) is 4.59. The molecule has 1 saturated heterocycles. The highest BCUT2D eigenvalue weighted by molar-refractivity contribution is 7.91. The Morgan fingerprint density at radius 3 is 2.76 bits per heavy atom. The summed E-state index contributed by atoms with van der Waals surface area (Å²) < 4.78 is 23.3. The summed E-state index contributed by atoms with van der Waals surface area (Å²) in [5, 5.41) is 4.57. The molecule has 1 heterocycles. The van der Waals surface area contributed by atoms with E-state index in [4.69, 9.17) is 23.2 Å². The monoisotopic (exact) mass is 349 g/mol. The number of rotatable bonds is 6. The number of hydrogen-bond donors (Lipinski definition) is 1. The second-order valence-corrected chi connectivity index (χ2v) is 8.67. The summed E-state index contributed by atoms with van der Waals surface area (Å²) in [4.78, 5) is 0. The normalized spacial score (nSPS) is 22.3. The molecule has 1 aliphatic heterocycles. The summed E-state index contributed by atoms with van der Waals surface area (Å²) in [5.74, 6) is 0.788. The first-order chi connectivity index (χ1) is 9.93. The van der Waals surface area contributed by atoms with Crippen LogP contribution in [-0.4, -0.2) is 26.5 Å². The lowest BCUT2D eigenvalue weighted by Gasteiger charge is -2.23. The third-order valence-corrected chi connectivity index (χ3v) is 6.56. The van der Waals surface area contributed by atoms with Gasteiger partial charge in [0.25, 0.3) is 0 Å². The van der Waals surface area contributed by atoms with Crippen molar-refractivity contribution >= 4 is 33.0 Å². The lowest BCUT2D eigenvalue weighted by molar-refractivity contribution is 0.415. The van der Waals surface area contributed by atoms with Gasteiger partial charge in [-0.3, -0.25) is 0 Å². The van der Waals surface area contributed by atoms with Crippen LogP contribution in [0.4, 0.5) is 0 Å². The Labute approximate surface area is 136 Å². The Morgan fingerprint density at radius 2 is 2.14 bits per heavy atom. The molecular weight excluding hydrogens is 329 g/mol. The molecule has 2 unspecified atom stereocenters. The first-order valence-electron chi connectivity index (χ1n) is 7.30. The van der Waals surface area contributed by atoms with Crippen molar-refractivity contribution in [1.82, 2.24) is 5.32 Å². The van der Waals surface area contributed by atoms with E-state index in [0.29, 0.717) is 15.8 Å². The summed E-state index contributed by atoms with van der Waals surface area (Å²) in [6, 6.07) is 5.67. The summed E-state index contributed by atoms with van der Waals surface area (Å²) in [6.07, 6.45) is 2.53. The lowest BCUT2D eigenvalue weighted by atomic mass is 9.94. The van der Waals surface area contributed by atoms with Crippen molar-refractivity contribution in [2.24, 2.45) is 5.92 Å². The molecule has 0 amide bonds. The number of benzene rings is 1. The van der Waals surface area contributed by atoms with Crippen molar-refractivity contribution < 1.29 is 8.42 Å². The maximum absolute atomic E-state index is 11.6. The van der Waals surface area contributed by atoms with Crippen LogP contribution in [0.25, 0.3) is 0 Å². The predicted molar refractivity (Wildman–Crippen MR) is 88.9 cm³/mol. The molecule has 6 heteroatoms. The van der Waals surface area contributed by atoms with Gasteiger partial charge in [-0.1, -0.05) is 42.3 Å². The fraction of sp³-hybridized carbons (Fsp3) is 0.600. The van der Waals surface area contributed by atoms with E-state index in [1.807, 2.05) is 12.1 Å². The van der Waals surface area contributed by atoms with E-state index >= 15 is 0 Å². The minimum absolute atomic E-state index is 0.0504. The van der Waals surface area contributed by atoms with E-state index in [9.17, 15) is 8.42 Å². The fourth-order valence-electron chi connectivity index (χ4n) is 2.82. The van der Waals surface area contributed by atoms with Crippen LogP contribution in [0, 0.1) is 5.92 Å². The third-order valence-electron chi connectivity index (χ3n) is 3.89. The number of sulfone groups is 1. The molecule has 2 atom stereocenters. The highest BCUT2D eigenvalue weighted by Crippen LogP contribution is 2.35. The largest absolute Gasteiger partial charge is 0.310 e. The van der Waals surface area contributed by atoms with Gasteiger partial charge < -0.3 is 5.32 Å². The zero-order chi connectivity index (χ0) is 15.5. The van der Waals surface area contributed by atoms with Gasteiger partial charge in [0.1, 0.15) is 0 Å². The first kappa shape index (κ1) is 17.1. The van der Waals surface area contributed by atoms with E-state index in [0.717, 1.165) is 31.4 Å². The molecule has 0 spiro atoms. The molecule has 0 aromatic heterocycles. The topological polar surface area (TPSA) is 46.2 Å². The molecule has 2 rings (SSSR count). The van der Waals surface area contributed by atoms with Crippen molar-refractivity contribution in [3.63, 3.8) is 0 Å². The molecule has 21 heavy (non-hydrogen) atoms. The quantitative estimate of drug-likeness (QED) is 0.847. The van der Waals surface area contributed by atoms with Gasteiger partial charge >= 0.3 is 0 Å². The average molecular weight is 350 g/mol. The second-order valence-electron chi connectivity index (χ2n) is 5.65. The SMILES string of the molecule is CCCNC(CC1CCS(=O)(=O)C1)c1cccc(Cl)c1Cl. The van der Waals surface area contributed by atoms with Crippen molar-refractivity contribution in [2.75, 3.05) is 18.1 Å². The van der Waals surface area contributed by atoms with E-state index in [2.05, 4.69) is 12.2 Å². The van der Waals surface area contributed by atoms with Crippen LogP contribution < -0.4 is 5.32 Å². The average Bonchev–Trinajstić information content (AvgIpc) is 2.77. The standard InChI is InChI=1S/C15H21Cl2NO2S/c1-2-7-18-14(9-11-6-8-21(19,20)10-11)12-4-3-5-13(16)15(12)17/h3-5,11,14,18H,2,6-10H2,1H3. The zero-order valence-electron chi connectivity index (χ0n) is 12.1. The highest BCUT2D eigenvalue weighted by Gasteiger charge is 2.30. The van der Waals surface area contributed by atoms with Crippen molar-refractivity contribution in [2.45, 2.75) is 32.2 Å². The molecule has 0 aliphatic carbocycles. The number of nitrogens with one attached hydrogen (secondary N) is 1. The number of hydrogen-bond acceptors (Lipinski definition) is 3. The first-order valence-corrected chi connectivity index (χ1v) is 9.88. The summed E-state index contributed by atoms with van der Waals surface area (Å²) in [6.45, 7) is 2.97. The van der Waals surface area contributed by atoms with Gasteiger partial charge in [0.2, 0.25) is 0 Å². The van der Waals surface area contributed by atoms with E-state index < -0.39 is 9.84 Å². The summed E-state index contributed by atoms with van der Waals surface area (Å²) >= 11 is 12.4. The molecule has 118 valence electrons. The molecule has 0 bridgehead atoms. The molecule has 0 radical (unpaired) electrons. The van der Waals surface area contributed by atoms with Crippen LogP contribution in [0.2, 0.25) is 10.0 Å². The van der Waals surface area contributed by atoms with Gasteiger partial charge in [-0.25, -0.2) is 8.42 Å². The summed E-state index contributed by atoms with van der Waals surface area (Å²) in [5.41, 5.74) is 0.960. The molecule has 1 N–H and O–H groups in total. The molecule has 1 aromatic carbocycles. The molecule has 0 saturated carbocycles. The van der Waals surface area contributed by atoms with Crippen LogP contribution in [-0.2, 0) is 9.84 Å². The molecular formula is C15H21Cl2NO2S. The molecule has 3 nitrogen and oxygen atoms in total. The predicted octanol–water partition coefficient (Wildman–Crippen LogP) is 3.86. The van der Waals surface area contributed by atoms with Crippen LogP contribution in [0.1, 0.15) is 37.8 Å². The van der Waals surface area contributed by atoms with Crippen LogP contribution in [0.15, 0.2) is 18.2 Å². The Hall–Kier alpha value is -0.290. The molecule has 1 aliphatic rings. The Bertz CT molecular complexity index is 589. The van der Waals surface area contributed by atoms with Crippen LogP contribution in [0.5, 0.6) is 0 Å². The Balaban J connectivity index is 2.16. The van der Waals surface area contributed by atoms with Gasteiger partial charge in [0.05, 0.1) is 21.6 Å². The smallest absolute Gasteiger partial charge is 0.150 e. The number of halogens is 2. The Kier molecular flexibility index (Phi) is 5.95. The van der Waals surface area contributed by atoms with Crippen LogP contribution >= 0.6 is 23.2 Å². The van der Waals surface area contributed by atoms with Crippen molar-refractivity contribution in [3.8, 4) is 0 Å². The minimum Gasteiger partial charge on any atom is -0.310 e.